The van der Waals surface area contributed by atoms with Crippen LogP contribution in [0.1, 0.15) is 16.1 Å². The highest BCUT2D eigenvalue weighted by Crippen LogP contribution is 2.22. The molecule has 0 unspecified atom stereocenters. The number of rotatable bonds is 6. The summed E-state index contributed by atoms with van der Waals surface area (Å²) in [6.07, 6.45) is 1.51. The van der Waals surface area contributed by atoms with E-state index in [1.807, 2.05) is 0 Å². The van der Waals surface area contributed by atoms with Gasteiger partial charge in [0, 0.05) is 18.3 Å². The number of carbonyl (C=O) groups is 1. The first kappa shape index (κ1) is 18.5. The van der Waals surface area contributed by atoms with Gasteiger partial charge in [0.15, 0.2) is 12.4 Å². The van der Waals surface area contributed by atoms with Crippen LogP contribution in [-0.2, 0) is 6.73 Å². The number of aromatic nitrogens is 2. The van der Waals surface area contributed by atoms with Gasteiger partial charge in [0.1, 0.15) is 17.6 Å². The van der Waals surface area contributed by atoms with Gasteiger partial charge in [-0.2, -0.15) is 10.4 Å². The first-order valence-corrected chi connectivity index (χ1v) is 7.88. The van der Waals surface area contributed by atoms with Crippen LogP contribution in [0.3, 0.4) is 0 Å². The fraction of sp³-hybridized carbons (Fsp3) is 0.0556. The molecule has 1 N–H and O–H groups in total. The maximum absolute atomic E-state index is 12.9. The van der Waals surface area contributed by atoms with Crippen LogP contribution in [0, 0.1) is 27.3 Å². The lowest BCUT2D eigenvalue weighted by molar-refractivity contribution is -0.384. The summed E-state index contributed by atoms with van der Waals surface area (Å²) in [7, 11) is 0. The fourth-order valence-electron chi connectivity index (χ4n) is 2.26. The number of nitriles is 1. The molecule has 0 fully saturated rings. The lowest BCUT2D eigenvalue weighted by atomic mass is 10.1. The van der Waals surface area contributed by atoms with Gasteiger partial charge in [-0.1, -0.05) is 0 Å². The van der Waals surface area contributed by atoms with Gasteiger partial charge in [-0.05, 0) is 36.4 Å². The Bertz CT molecular complexity index is 1070. The third-order valence-corrected chi connectivity index (χ3v) is 3.63. The van der Waals surface area contributed by atoms with Crippen LogP contribution in [0.15, 0.2) is 54.7 Å². The first-order chi connectivity index (χ1) is 13.5. The van der Waals surface area contributed by atoms with Crippen molar-refractivity contribution in [3.8, 4) is 11.8 Å². The number of nitrogens with zero attached hydrogens (tertiary/aromatic N) is 4. The number of halogens is 1. The van der Waals surface area contributed by atoms with Gasteiger partial charge >= 0.3 is 0 Å². The Morgan fingerprint density at radius 3 is 2.71 bits per heavy atom. The average Bonchev–Trinajstić information content (AvgIpc) is 3.17. The van der Waals surface area contributed by atoms with Crippen molar-refractivity contribution in [3.05, 3.63) is 81.9 Å². The van der Waals surface area contributed by atoms with Gasteiger partial charge in [-0.3, -0.25) is 14.9 Å². The molecular formula is C18H12FN5O4. The molecule has 1 heterocycles. The molecule has 0 bridgehead atoms. The fourth-order valence-corrected chi connectivity index (χ4v) is 2.26. The van der Waals surface area contributed by atoms with E-state index >= 15 is 0 Å². The van der Waals surface area contributed by atoms with Crippen LogP contribution in [0.4, 0.5) is 15.8 Å². The van der Waals surface area contributed by atoms with E-state index in [0.717, 1.165) is 6.07 Å². The molecule has 0 saturated heterocycles. The minimum atomic E-state index is -0.630. The van der Waals surface area contributed by atoms with E-state index in [1.165, 1.54) is 53.3 Å². The Kier molecular flexibility index (Phi) is 5.27. The number of non-ortho nitro benzene ring substituents is 1. The van der Waals surface area contributed by atoms with Crippen LogP contribution in [0.5, 0.6) is 5.75 Å². The predicted molar refractivity (Wildman–Crippen MR) is 95.0 cm³/mol. The van der Waals surface area contributed by atoms with Crippen LogP contribution >= 0.6 is 0 Å². The number of nitro benzene ring substituents is 1. The zero-order valence-corrected chi connectivity index (χ0v) is 14.2. The number of carbonyl (C=O) groups excluding carboxylic acids is 1. The molecular weight excluding hydrogens is 369 g/mol. The molecule has 0 atom stereocenters. The van der Waals surface area contributed by atoms with E-state index in [-0.39, 0.29) is 35.2 Å². The van der Waals surface area contributed by atoms with Crippen molar-refractivity contribution in [3.63, 3.8) is 0 Å². The number of anilines is 1. The molecule has 2 aromatic carbocycles. The topological polar surface area (TPSA) is 123 Å². The first-order valence-electron chi connectivity index (χ1n) is 7.88. The zero-order chi connectivity index (χ0) is 20.1. The van der Waals surface area contributed by atoms with Crippen molar-refractivity contribution in [1.29, 1.82) is 5.26 Å². The van der Waals surface area contributed by atoms with Gasteiger partial charge < -0.3 is 10.1 Å². The van der Waals surface area contributed by atoms with E-state index in [2.05, 4.69) is 10.4 Å². The molecule has 0 aliphatic carbocycles. The second-order valence-corrected chi connectivity index (χ2v) is 5.52. The molecule has 1 amide bonds. The Balaban J connectivity index is 1.66. The summed E-state index contributed by atoms with van der Waals surface area (Å²) in [6, 6.07) is 12.2. The van der Waals surface area contributed by atoms with E-state index < -0.39 is 10.8 Å². The van der Waals surface area contributed by atoms with E-state index in [0.29, 0.717) is 5.75 Å². The van der Waals surface area contributed by atoms with Crippen molar-refractivity contribution in [2.24, 2.45) is 0 Å². The Labute approximate surface area is 157 Å². The summed E-state index contributed by atoms with van der Waals surface area (Å²) in [5.74, 6) is -0.535. The number of ether oxygens (including phenoxy) is 1. The SMILES string of the molecule is N#Cc1cc([N+](=O)[O-])ccc1NC(=O)c1ccn(COc2ccc(F)cc2)n1. The van der Waals surface area contributed by atoms with Crippen molar-refractivity contribution in [2.75, 3.05) is 5.32 Å². The highest BCUT2D eigenvalue weighted by Gasteiger charge is 2.15. The van der Waals surface area contributed by atoms with Crippen molar-refractivity contribution < 1.29 is 18.8 Å². The van der Waals surface area contributed by atoms with Gasteiger partial charge in [0.2, 0.25) is 0 Å². The second-order valence-electron chi connectivity index (χ2n) is 5.52. The minimum absolute atomic E-state index is 0.000109. The molecule has 0 radical (unpaired) electrons. The van der Waals surface area contributed by atoms with Gasteiger partial charge in [-0.15, -0.1) is 0 Å². The number of hydrogen-bond acceptors (Lipinski definition) is 6. The molecule has 0 aliphatic heterocycles. The summed E-state index contributed by atoms with van der Waals surface area (Å²) in [4.78, 5) is 22.5. The largest absolute Gasteiger partial charge is 0.471 e. The molecule has 0 aliphatic rings. The minimum Gasteiger partial charge on any atom is -0.471 e. The van der Waals surface area contributed by atoms with E-state index in [1.54, 1.807) is 6.07 Å². The van der Waals surface area contributed by atoms with Gasteiger partial charge in [-0.25, -0.2) is 9.07 Å². The summed E-state index contributed by atoms with van der Waals surface area (Å²) in [5.41, 5.74) is -0.0986. The van der Waals surface area contributed by atoms with Crippen LogP contribution < -0.4 is 10.1 Å². The maximum atomic E-state index is 12.9. The molecule has 10 heteroatoms. The van der Waals surface area contributed by atoms with Crippen molar-refractivity contribution in [2.45, 2.75) is 6.73 Å². The molecule has 140 valence electrons. The highest BCUT2D eigenvalue weighted by molar-refractivity contribution is 6.03. The number of amides is 1. The van der Waals surface area contributed by atoms with E-state index in [9.17, 15) is 19.3 Å². The van der Waals surface area contributed by atoms with Gasteiger partial charge in [0.05, 0.1) is 16.2 Å². The lowest BCUT2D eigenvalue weighted by Crippen LogP contribution is -2.15. The summed E-state index contributed by atoms with van der Waals surface area (Å²) in [6.45, 7) is -0.000109. The summed E-state index contributed by atoms with van der Waals surface area (Å²) in [5, 5.41) is 26.4. The number of benzene rings is 2. The molecule has 0 saturated carbocycles. The lowest BCUT2D eigenvalue weighted by Gasteiger charge is -2.06. The zero-order valence-electron chi connectivity index (χ0n) is 14.2. The van der Waals surface area contributed by atoms with Crippen molar-refractivity contribution in [1.82, 2.24) is 9.78 Å². The average molecular weight is 381 g/mol. The molecule has 1 aromatic heterocycles. The third kappa shape index (κ3) is 4.28. The quantitative estimate of drug-likeness (QED) is 0.517. The number of nitro groups is 1. The standard InChI is InChI=1S/C18H12FN5O4/c19-13-1-4-15(5-2-13)28-11-23-8-7-17(22-23)18(25)21-16-6-3-14(24(26)27)9-12(16)10-20/h1-9H,11H2,(H,21,25). The van der Waals surface area contributed by atoms with Crippen molar-refractivity contribution >= 4 is 17.3 Å². The molecule has 28 heavy (non-hydrogen) atoms. The Hall–Kier alpha value is -4.26. The van der Waals surface area contributed by atoms with Crippen LogP contribution in [0.2, 0.25) is 0 Å². The predicted octanol–water partition coefficient (Wildman–Crippen LogP) is 3.09. The summed E-state index contributed by atoms with van der Waals surface area (Å²) < 4.78 is 19.7. The number of nitrogens with one attached hydrogen (secondary N) is 1. The van der Waals surface area contributed by atoms with Crippen LogP contribution in [-0.4, -0.2) is 20.6 Å². The third-order valence-electron chi connectivity index (χ3n) is 3.63. The van der Waals surface area contributed by atoms with E-state index in [4.69, 9.17) is 10.00 Å². The Morgan fingerprint density at radius 2 is 2.04 bits per heavy atom. The molecule has 9 nitrogen and oxygen atoms in total. The Morgan fingerprint density at radius 1 is 1.29 bits per heavy atom. The highest BCUT2D eigenvalue weighted by atomic mass is 19.1. The normalized spacial score (nSPS) is 10.1. The molecule has 3 aromatic rings. The maximum Gasteiger partial charge on any atom is 0.276 e. The smallest absolute Gasteiger partial charge is 0.276 e. The molecule has 3 rings (SSSR count). The van der Waals surface area contributed by atoms with Gasteiger partial charge in [0.25, 0.3) is 11.6 Å². The second kappa shape index (κ2) is 7.96. The molecule has 0 spiro atoms. The van der Waals surface area contributed by atoms with Crippen LogP contribution in [0.25, 0.3) is 0 Å². The monoisotopic (exact) mass is 381 g/mol. The number of hydrogen-bond donors (Lipinski definition) is 1. The summed E-state index contributed by atoms with van der Waals surface area (Å²) >= 11 is 0.